The van der Waals surface area contributed by atoms with Crippen LogP contribution >= 0.6 is 11.3 Å². The van der Waals surface area contributed by atoms with E-state index in [0.29, 0.717) is 27.2 Å². The minimum atomic E-state index is -0.551. The minimum absolute atomic E-state index is 0.277. The van der Waals surface area contributed by atoms with E-state index in [-0.39, 0.29) is 6.54 Å². The predicted molar refractivity (Wildman–Crippen MR) is 125 cm³/mol. The second-order valence-corrected chi connectivity index (χ2v) is 8.73. The maximum atomic E-state index is 13.0. The molecule has 0 fully saturated rings. The summed E-state index contributed by atoms with van der Waals surface area (Å²) in [5.74, 6) is -0.978. The maximum absolute atomic E-state index is 13.0. The molecule has 0 aliphatic carbocycles. The Hall–Kier alpha value is -3.85. The second kappa shape index (κ2) is 8.35. The Balaban J connectivity index is 1.71. The number of hydrogen-bond acceptors (Lipinski definition) is 6. The van der Waals surface area contributed by atoms with Gasteiger partial charge in [-0.25, -0.2) is 9.67 Å². The van der Waals surface area contributed by atoms with Gasteiger partial charge in [0.05, 0.1) is 9.71 Å². The molecule has 0 atom stereocenters. The number of primary amides is 1. The highest BCUT2D eigenvalue weighted by molar-refractivity contribution is 7.19. The Morgan fingerprint density at radius 3 is 2.47 bits per heavy atom. The van der Waals surface area contributed by atoms with Crippen molar-refractivity contribution in [1.82, 2.24) is 14.8 Å². The van der Waals surface area contributed by atoms with Crippen molar-refractivity contribution in [2.24, 2.45) is 5.73 Å². The standard InChI is InChI=1S/C23H21N5O3S/c1-12-4-9-17(13(2)10-12)19-21-20(25-14(3)32-21)23(31)28(27-19)11-18(29)26-16-7-5-15(6-8-16)22(24)30/h4-10H,11H2,1-3H3,(H2,24,30)(H,26,29). The molecular formula is C23H21N5O3S. The van der Waals surface area contributed by atoms with E-state index in [1.807, 2.05) is 32.9 Å². The number of nitrogens with one attached hydrogen (secondary N) is 1. The van der Waals surface area contributed by atoms with Crippen molar-refractivity contribution in [2.75, 3.05) is 5.32 Å². The Kier molecular flexibility index (Phi) is 5.58. The lowest BCUT2D eigenvalue weighted by atomic mass is 10.0. The zero-order valence-corrected chi connectivity index (χ0v) is 18.6. The zero-order valence-electron chi connectivity index (χ0n) is 17.8. The molecule has 0 bridgehead atoms. The third kappa shape index (κ3) is 4.15. The summed E-state index contributed by atoms with van der Waals surface area (Å²) in [4.78, 5) is 41.2. The molecule has 0 aliphatic rings. The summed E-state index contributed by atoms with van der Waals surface area (Å²) in [6, 6.07) is 12.2. The van der Waals surface area contributed by atoms with Crippen molar-refractivity contribution in [2.45, 2.75) is 27.3 Å². The van der Waals surface area contributed by atoms with Gasteiger partial charge >= 0.3 is 0 Å². The molecule has 4 rings (SSSR count). The summed E-state index contributed by atoms with van der Waals surface area (Å²) in [5, 5.41) is 8.00. The van der Waals surface area contributed by atoms with Gasteiger partial charge in [-0.15, -0.1) is 11.3 Å². The topological polar surface area (TPSA) is 120 Å². The molecule has 8 nitrogen and oxygen atoms in total. The number of aromatic nitrogens is 3. The highest BCUT2D eigenvalue weighted by Gasteiger charge is 2.19. The first-order chi connectivity index (χ1) is 15.2. The van der Waals surface area contributed by atoms with Crippen LogP contribution in [0.2, 0.25) is 0 Å². The molecule has 32 heavy (non-hydrogen) atoms. The van der Waals surface area contributed by atoms with Crippen LogP contribution in [0.3, 0.4) is 0 Å². The van der Waals surface area contributed by atoms with Gasteiger partial charge in [-0.1, -0.05) is 23.8 Å². The largest absolute Gasteiger partial charge is 0.366 e. The van der Waals surface area contributed by atoms with E-state index in [4.69, 9.17) is 5.73 Å². The maximum Gasteiger partial charge on any atom is 0.294 e. The number of anilines is 1. The normalized spacial score (nSPS) is 11.0. The molecule has 0 radical (unpaired) electrons. The number of amides is 2. The lowest BCUT2D eigenvalue weighted by molar-refractivity contribution is -0.117. The second-order valence-electron chi connectivity index (χ2n) is 7.53. The summed E-state index contributed by atoms with van der Waals surface area (Å²) in [5.41, 5.74) is 9.59. The number of hydrogen-bond donors (Lipinski definition) is 2. The van der Waals surface area contributed by atoms with Crippen molar-refractivity contribution in [3.8, 4) is 11.3 Å². The number of carbonyl (C=O) groups excluding carboxylic acids is 2. The molecule has 2 heterocycles. The SMILES string of the molecule is Cc1ccc(-c2nn(CC(=O)Nc3ccc(C(N)=O)cc3)c(=O)c3nc(C)sc23)c(C)c1. The molecule has 0 saturated heterocycles. The summed E-state index contributed by atoms with van der Waals surface area (Å²) < 4.78 is 1.85. The first-order valence-corrected chi connectivity index (χ1v) is 10.7. The fourth-order valence-electron chi connectivity index (χ4n) is 3.48. The van der Waals surface area contributed by atoms with Crippen LogP contribution in [0.25, 0.3) is 21.5 Å². The molecule has 162 valence electrons. The highest BCUT2D eigenvalue weighted by Crippen LogP contribution is 2.31. The molecule has 0 aliphatic heterocycles. The van der Waals surface area contributed by atoms with Crippen LogP contribution in [-0.4, -0.2) is 26.6 Å². The first-order valence-electron chi connectivity index (χ1n) is 9.88. The number of aryl methyl sites for hydroxylation is 3. The number of benzene rings is 2. The Labute approximate surface area is 187 Å². The van der Waals surface area contributed by atoms with Gasteiger partial charge in [-0.3, -0.25) is 14.4 Å². The molecule has 4 aromatic rings. The lowest BCUT2D eigenvalue weighted by Crippen LogP contribution is -2.30. The van der Waals surface area contributed by atoms with Gasteiger partial charge in [0.1, 0.15) is 12.2 Å². The number of carbonyl (C=O) groups is 2. The van der Waals surface area contributed by atoms with Crippen molar-refractivity contribution in [3.63, 3.8) is 0 Å². The van der Waals surface area contributed by atoms with E-state index in [1.54, 1.807) is 12.1 Å². The number of nitrogens with two attached hydrogens (primary N) is 1. The van der Waals surface area contributed by atoms with E-state index in [2.05, 4.69) is 21.5 Å². The number of rotatable bonds is 5. The number of nitrogens with zero attached hydrogens (tertiary/aromatic N) is 3. The van der Waals surface area contributed by atoms with Crippen molar-refractivity contribution in [1.29, 1.82) is 0 Å². The minimum Gasteiger partial charge on any atom is -0.366 e. The smallest absolute Gasteiger partial charge is 0.294 e. The van der Waals surface area contributed by atoms with E-state index in [1.165, 1.54) is 23.5 Å². The Morgan fingerprint density at radius 2 is 1.81 bits per heavy atom. The molecule has 3 N–H and O–H groups in total. The lowest BCUT2D eigenvalue weighted by Gasteiger charge is -2.11. The van der Waals surface area contributed by atoms with Crippen molar-refractivity contribution in [3.05, 3.63) is 74.5 Å². The Bertz CT molecular complexity index is 1420. The van der Waals surface area contributed by atoms with Crippen LogP contribution in [0.5, 0.6) is 0 Å². The Morgan fingerprint density at radius 1 is 1.09 bits per heavy atom. The zero-order chi connectivity index (χ0) is 23.0. The summed E-state index contributed by atoms with van der Waals surface area (Å²) in [6.45, 7) is 5.56. The molecule has 9 heteroatoms. The van der Waals surface area contributed by atoms with E-state index >= 15 is 0 Å². The van der Waals surface area contributed by atoms with Gasteiger partial charge in [0.25, 0.3) is 5.56 Å². The van der Waals surface area contributed by atoms with Crippen molar-refractivity contribution >= 4 is 39.1 Å². The van der Waals surface area contributed by atoms with Crippen LogP contribution in [-0.2, 0) is 11.3 Å². The fourth-order valence-corrected chi connectivity index (χ4v) is 4.39. The van der Waals surface area contributed by atoms with Gasteiger partial charge < -0.3 is 11.1 Å². The van der Waals surface area contributed by atoms with Crippen LogP contribution in [0.4, 0.5) is 5.69 Å². The van der Waals surface area contributed by atoms with Gasteiger partial charge in [0.15, 0.2) is 5.52 Å². The van der Waals surface area contributed by atoms with Crippen LogP contribution in [0.1, 0.15) is 26.5 Å². The van der Waals surface area contributed by atoms with Crippen LogP contribution in [0.15, 0.2) is 47.3 Å². The number of thiazole rings is 1. The number of fused-ring (bicyclic) bond motifs is 1. The molecule has 2 aromatic heterocycles. The predicted octanol–water partition coefficient (Wildman–Crippen LogP) is 3.18. The summed E-state index contributed by atoms with van der Waals surface area (Å²) in [7, 11) is 0. The molecule has 0 spiro atoms. The highest BCUT2D eigenvalue weighted by atomic mass is 32.1. The first kappa shape index (κ1) is 21.4. The molecule has 0 saturated carbocycles. The van der Waals surface area contributed by atoms with Crippen LogP contribution < -0.4 is 16.6 Å². The third-order valence-corrected chi connectivity index (χ3v) is 5.97. The fraction of sp³-hybridized carbons (Fsp3) is 0.174. The molecule has 2 aromatic carbocycles. The summed E-state index contributed by atoms with van der Waals surface area (Å²) >= 11 is 1.41. The van der Waals surface area contributed by atoms with Crippen molar-refractivity contribution < 1.29 is 9.59 Å². The summed E-state index contributed by atoms with van der Waals surface area (Å²) in [6.07, 6.45) is 0. The van der Waals surface area contributed by atoms with Gasteiger partial charge in [0, 0.05) is 16.8 Å². The van der Waals surface area contributed by atoms with E-state index in [0.717, 1.165) is 26.4 Å². The van der Waals surface area contributed by atoms with E-state index < -0.39 is 17.4 Å². The third-order valence-electron chi connectivity index (χ3n) is 4.99. The van der Waals surface area contributed by atoms with Crippen LogP contribution in [0, 0.1) is 20.8 Å². The average Bonchev–Trinajstić information content (AvgIpc) is 3.13. The van der Waals surface area contributed by atoms with Gasteiger partial charge in [0.2, 0.25) is 11.8 Å². The quantitative estimate of drug-likeness (QED) is 0.487. The molecular weight excluding hydrogens is 426 g/mol. The molecule has 2 amide bonds. The monoisotopic (exact) mass is 447 g/mol. The molecule has 0 unspecified atom stereocenters. The van der Waals surface area contributed by atoms with E-state index in [9.17, 15) is 14.4 Å². The average molecular weight is 448 g/mol. The van der Waals surface area contributed by atoms with Gasteiger partial charge in [-0.2, -0.15) is 5.10 Å². The van der Waals surface area contributed by atoms with Gasteiger partial charge in [-0.05, 0) is 50.6 Å².